The van der Waals surface area contributed by atoms with Crippen LogP contribution in [0, 0.1) is 5.92 Å². The zero-order valence-electron chi connectivity index (χ0n) is 13.3. The average molecular weight is 263 g/mol. The van der Waals surface area contributed by atoms with Gasteiger partial charge in [0.15, 0.2) is 0 Å². The lowest BCUT2D eigenvalue weighted by atomic mass is 9.98. The van der Waals surface area contributed by atoms with Crippen molar-refractivity contribution in [2.45, 2.75) is 52.7 Å². The monoisotopic (exact) mass is 263 g/mol. The van der Waals surface area contributed by atoms with Gasteiger partial charge in [0.1, 0.15) is 0 Å². The van der Waals surface area contributed by atoms with E-state index in [-0.39, 0.29) is 11.6 Å². The van der Waals surface area contributed by atoms with Gasteiger partial charge in [-0.15, -0.1) is 0 Å². The van der Waals surface area contributed by atoms with Crippen LogP contribution in [0.5, 0.6) is 0 Å². The van der Waals surface area contributed by atoms with Crippen molar-refractivity contribution >= 4 is 0 Å². The minimum absolute atomic E-state index is 0.0926. The van der Waals surface area contributed by atoms with Crippen LogP contribution in [-0.2, 0) is 11.2 Å². The summed E-state index contributed by atoms with van der Waals surface area (Å²) in [6, 6.07) is 9.09. The fourth-order valence-electron chi connectivity index (χ4n) is 2.09. The first-order chi connectivity index (χ1) is 8.81. The van der Waals surface area contributed by atoms with E-state index in [1.165, 1.54) is 11.1 Å². The molecule has 0 aromatic heterocycles. The molecule has 1 aromatic carbocycles. The van der Waals surface area contributed by atoms with E-state index in [1.807, 2.05) is 7.05 Å². The lowest BCUT2D eigenvalue weighted by Gasteiger charge is -2.25. The molecule has 1 N–H and O–H groups in total. The van der Waals surface area contributed by atoms with E-state index < -0.39 is 0 Å². The highest BCUT2D eigenvalue weighted by Crippen LogP contribution is 2.19. The predicted octanol–water partition coefficient (Wildman–Crippen LogP) is 3.96. The Bertz CT molecular complexity index is 379. The lowest BCUT2D eigenvalue weighted by molar-refractivity contribution is -0.0139. The van der Waals surface area contributed by atoms with Gasteiger partial charge in [-0.3, -0.25) is 0 Å². The van der Waals surface area contributed by atoms with E-state index in [1.54, 1.807) is 0 Å². The molecule has 0 aliphatic rings. The fraction of sp³-hybridized carbons (Fsp3) is 0.647. The Morgan fingerprint density at radius 3 is 2.42 bits per heavy atom. The summed E-state index contributed by atoms with van der Waals surface area (Å²) in [6.45, 7) is 11.5. The topological polar surface area (TPSA) is 21.3 Å². The van der Waals surface area contributed by atoms with Gasteiger partial charge < -0.3 is 10.1 Å². The first-order valence-corrected chi connectivity index (χ1v) is 7.22. The van der Waals surface area contributed by atoms with Gasteiger partial charge in [0.2, 0.25) is 0 Å². The molecule has 2 heteroatoms. The van der Waals surface area contributed by atoms with E-state index in [9.17, 15) is 0 Å². The summed E-state index contributed by atoms with van der Waals surface area (Å²) < 4.78 is 5.90. The van der Waals surface area contributed by atoms with Gasteiger partial charge in [0.05, 0.1) is 18.2 Å². The highest BCUT2D eigenvalue weighted by Gasteiger charge is 2.16. The summed E-state index contributed by atoms with van der Waals surface area (Å²) in [7, 11) is 1.99. The van der Waals surface area contributed by atoms with Crippen LogP contribution in [0.25, 0.3) is 0 Å². The van der Waals surface area contributed by atoms with Crippen LogP contribution in [0.15, 0.2) is 24.3 Å². The third-order valence-corrected chi connectivity index (χ3v) is 3.03. The highest BCUT2D eigenvalue weighted by atomic mass is 16.5. The SMILES string of the molecule is CNC(COC(C)(C)C)c1cccc(CC(C)C)c1. The molecule has 0 radical (unpaired) electrons. The summed E-state index contributed by atoms with van der Waals surface area (Å²) in [6.07, 6.45) is 1.13. The number of ether oxygens (including phenoxy) is 1. The number of hydrogen-bond donors (Lipinski definition) is 1. The van der Waals surface area contributed by atoms with Crippen molar-refractivity contribution in [3.8, 4) is 0 Å². The van der Waals surface area contributed by atoms with Crippen LogP contribution < -0.4 is 5.32 Å². The number of likely N-dealkylation sites (N-methyl/N-ethyl adjacent to an activating group) is 1. The largest absolute Gasteiger partial charge is 0.374 e. The molecule has 2 nitrogen and oxygen atoms in total. The molecule has 1 unspecified atom stereocenters. The molecule has 0 aliphatic heterocycles. The maximum atomic E-state index is 5.90. The van der Waals surface area contributed by atoms with Crippen LogP contribution in [0.4, 0.5) is 0 Å². The maximum absolute atomic E-state index is 5.90. The Balaban J connectivity index is 2.75. The van der Waals surface area contributed by atoms with Crippen LogP contribution in [0.2, 0.25) is 0 Å². The molecule has 0 fully saturated rings. The smallest absolute Gasteiger partial charge is 0.0668 e. The van der Waals surface area contributed by atoms with Crippen molar-refractivity contribution in [2.24, 2.45) is 5.92 Å². The molecule has 1 atom stereocenters. The summed E-state index contributed by atoms with van der Waals surface area (Å²) in [5.74, 6) is 0.689. The summed E-state index contributed by atoms with van der Waals surface area (Å²) >= 11 is 0. The van der Waals surface area contributed by atoms with E-state index in [4.69, 9.17) is 4.74 Å². The van der Waals surface area contributed by atoms with Gasteiger partial charge in [-0.1, -0.05) is 38.1 Å². The van der Waals surface area contributed by atoms with E-state index in [0.717, 1.165) is 6.42 Å². The predicted molar refractivity (Wildman–Crippen MR) is 82.5 cm³/mol. The zero-order chi connectivity index (χ0) is 14.5. The van der Waals surface area contributed by atoms with Crippen LogP contribution in [0.3, 0.4) is 0 Å². The molecular weight excluding hydrogens is 234 g/mol. The average Bonchev–Trinajstić information content (AvgIpc) is 2.28. The van der Waals surface area contributed by atoms with Crippen molar-refractivity contribution in [3.05, 3.63) is 35.4 Å². The van der Waals surface area contributed by atoms with Gasteiger partial charge in [-0.05, 0) is 51.3 Å². The van der Waals surface area contributed by atoms with Gasteiger partial charge >= 0.3 is 0 Å². The molecular formula is C17H29NO. The van der Waals surface area contributed by atoms with Crippen molar-refractivity contribution < 1.29 is 4.74 Å². The standard InChI is InChI=1S/C17H29NO/c1-13(2)10-14-8-7-9-15(11-14)16(18-6)12-19-17(3,4)5/h7-9,11,13,16,18H,10,12H2,1-6H3. The Morgan fingerprint density at radius 2 is 1.89 bits per heavy atom. The zero-order valence-corrected chi connectivity index (χ0v) is 13.3. The summed E-state index contributed by atoms with van der Waals surface area (Å²) in [4.78, 5) is 0. The number of nitrogens with one attached hydrogen (secondary N) is 1. The van der Waals surface area contributed by atoms with Crippen LogP contribution in [-0.4, -0.2) is 19.3 Å². The highest BCUT2D eigenvalue weighted by molar-refractivity contribution is 5.26. The number of benzene rings is 1. The Hall–Kier alpha value is -0.860. The second kappa shape index (κ2) is 7.06. The van der Waals surface area contributed by atoms with Crippen LogP contribution >= 0.6 is 0 Å². The first-order valence-electron chi connectivity index (χ1n) is 7.22. The van der Waals surface area contributed by atoms with Crippen LogP contribution in [0.1, 0.15) is 51.8 Å². The minimum atomic E-state index is -0.0926. The third-order valence-electron chi connectivity index (χ3n) is 3.03. The molecule has 0 heterocycles. The molecule has 0 saturated heterocycles. The molecule has 1 rings (SSSR count). The summed E-state index contributed by atoms with van der Waals surface area (Å²) in [5.41, 5.74) is 2.62. The van der Waals surface area contributed by atoms with Gasteiger partial charge in [-0.25, -0.2) is 0 Å². The van der Waals surface area contributed by atoms with Crippen molar-refractivity contribution in [3.63, 3.8) is 0 Å². The minimum Gasteiger partial charge on any atom is -0.374 e. The normalized spacial score (nSPS) is 13.8. The van der Waals surface area contributed by atoms with Gasteiger partial charge in [0, 0.05) is 0 Å². The van der Waals surface area contributed by atoms with Gasteiger partial charge in [0.25, 0.3) is 0 Å². The molecule has 0 spiro atoms. The van der Waals surface area contributed by atoms with Gasteiger partial charge in [-0.2, -0.15) is 0 Å². The van der Waals surface area contributed by atoms with Crippen molar-refractivity contribution in [1.82, 2.24) is 5.32 Å². The number of rotatable bonds is 6. The number of hydrogen-bond acceptors (Lipinski definition) is 2. The van der Waals surface area contributed by atoms with Crippen molar-refractivity contribution in [1.29, 1.82) is 0 Å². The summed E-state index contributed by atoms with van der Waals surface area (Å²) in [5, 5.41) is 3.35. The second-order valence-electron chi connectivity index (χ2n) is 6.61. The molecule has 0 saturated carbocycles. The Kier molecular flexibility index (Phi) is 6.02. The van der Waals surface area contributed by atoms with E-state index >= 15 is 0 Å². The Labute approximate surface area is 118 Å². The van der Waals surface area contributed by atoms with E-state index in [0.29, 0.717) is 12.5 Å². The molecule has 0 bridgehead atoms. The van der Waals surface area contributed by atoms with Crippen molar-refractivity contribution in [2.75, 3.05) is 13.7 Å². The molecule has 108 valence electrons. The fourth-order valence-corrected chi connectivity index (χ4v) is 2.09. The molecule has 0 aliphatic carbocycles. The second-order valence-corrected chi connectivity index (χ2v) is 6.61. The maximum Gasteiger partial charge on any atom is 0.0668 e. The molecule has 19 heavy (non-hydrogen) atoms. The third kappa shape index (κ3) is 6.22. The lowest BCUT2D eigenvalue weighted by Crippen LogP contribution is -2.28. The molecule has 1 aromatic rings. The van der Waals surface area contributed by atoms with E-state index in [2.05, 4.69) is 64.2 Å². The Morgan fingerprint density at radius 1 is 1.21 bits per heavy atom. The quantitative estimate of drug-likeness (QED) is 0.839. The first kappa shape index (κ1) is 16.2. The molecule has 0 amide bonds.